The Bertz CT molecular complexity index is 932. The number of anilines is 1. The number of aromatic nitrogens is 2. The minimum absolute atomic E-state index is 0.00696. The van der Waals surface area contributed by atoms with Crippen LogP contribution in [0.3, 0.4) is 0 Å². The zero-order chi connectivity index (χ0) is 22.8. The Morgan fingerprint density at radius 2 is 2.00 bits per heavy atom. The van der Waals surface area contributed by atoms with Crippen LogP contribution in [0.4, 0.5) is 5.13 Å². The van der Waals surface area contributed by atoms with Crippen molar-refractivity contribution < 1.29 is 29.0 Å². The van der Waals surface area contributed by atoms with Crippen LogP contribution in [-0.4, -0.2) is 51.9 Å². The van der Waals surface area contributed by atoms with Gasteiger partial charge in [0.15, 0.2) is 10.1 Å². The van der Waals surface area contributed by atoms with Crippen LogP contribution in [0, 0.1) is 0 Å². The first-order chi connectivity index (χ1) is 14.9. The third-order valence-corrected chi connectivity index (χ3v) is 6.04. The molecule has 2 aromatic rings. The molecule has 0 aliphatic rings. The number of ketones is 1. The molecule has 9 nitrogen and oxygen atoms in total. The second-order valence-electron chi connectivity index (χ2n) is 6.34. The lowest BCUT2D eigenvalue weighted by atomic mass is 10.0. The Morgan fingerprint density at radius 1 is 1.23 bits per heavy atom. The van der Waals surface area contributed by atoms with Crippen molar-refractivity contribution in [1.29, 1.82) is 0 Å². The van der Waals surface area contributed by atoms with Crippen LogP contribution in [0.1, 0.15) is 49.5 Å². The van der Waals surface area contributed by atoms with Crippen LogP contribution >= 0.6 is 23.1 Å². The van der Waals surface area contributed by atoms with Crippen molar-refractivity contribution in [3.05, 3.63) is 23.3 Å². The number of rotatable bonds is 11. The van der Waals surface area contributed by atoms with Gasteiger partial charge in [-0.25, -0.2) is 4.79 Å². The Balaban J connectivity index is 1.82. The highest BCUT2D eigenvalue weighted by Gasteiger charge is 2.18. The van der Waals surface area contributed by atoms with E-state index in [9.17, 15) is 19.5 Å². The fraction of sp³-hybridized carbons (Fsp3) is 0.450. The summed E-state index contributed by atoms with van der Waals surface area (Å²) in [6.07, 6.45) is 2.13. The first-order valence-corrected chi connectivity index (χ1v) is 11.6. The molecule has 2 N–H and O–H groups in total. The summed E-state index contributed by atoms with van der Waals surface area (Å²) in [7, 11) is 0. The Kier molecular flexibility index (Phi) is 9.73. The van der Waals surface area contributed by atoms with Gasteiger partial charge < -0.3 is 14.6 Å². The van der Waals surface area contributed by atoms with Crippen molar-refractivity contribution in [1.82, 2.24) is 10.2 Å². The number of nitrogens with one attached hydrogen (secondary N) is 1. The number of phenols is 1. The number of Topliss-reactive ketones (excluding diaryl/α,β-unsaturated/α-hetero) is 1. The van der Waals surface area contributed by atoms with Crippen molar-refractivity contribution in [2.45, 2.75) is 44.4 Å². The molecule has 0 unspecified atom stereocenters. The Hall–Kier alpha value is -2.66. The first-order valence-electron chi connectivity index (χ1n) is 9.80. The van der Waals surface area contributed by atoms with Crippen LogP contribution in [0.25, 0.3) is 0 Å². The van der Waals surface area contributed by atoms with Gasteiger partial charge in [-0.1, -0.05) is 36.4 Å². The molecule has 1 heterocycles. The zero-order valence-electron chi connectivity index (χ0n) is 17.6. The smallest absolute Gasteiger partial charge is 0.397 e. The van der Waals surface area contributed by atoms with E-state index < -0.39 is 11.9 Å². The molecule has 0 spiro atoms. The Morgan fingerprint density at radius 3 is 2.68 bits per heavy atom. The molecule has 1 aromatic heterocycles. The number of phenolic OH excluding ortho intramolecular Hbond substituents is 1. The van der Waals surface area contributed by atoms with Gasteiger partial charge in [0.05, 0.1) is 18.8 Å². The Labute approximate surface area is 188 Å². The SMILES string of the molecule is CCCc1c(OCCCSc2nnc(NC(=O)C(=O)OCC)s2)ccc(C(C)=O)c1O. The summed E-state index contributed by atoms with van der Waals surface area (Å²) in [5.41, 5.74) is 0.947. The maximum Gasteiger partial charge on any atom is 0.397 e. The van der Waals surface area contributed by atoms with E-state index in [1.54, 1.807) is 19.1 Å². The first kappa shape index (κ1) is 24.6. The molecule has 0 atom stereocenters. The number of carbonyl (C=O) groups excluding carboxylic acids is 3. The molecule has 0 radical (unpaired) electrons. The fourth-order valence-electron chi connectivity index (χ4n) is 2.59. The van der Waals surface area contributed by atoms with Crippen molar-refractivity contribution in [2.24, 2.45) is 0 Å². The van der Waals surface area contributed by atoms with Gasteiger partial charge in [-0.3, -0.25) is 14.9 Å². The van der Waals surface area contributed by atoms with Gasteiger partial charge in [-0.05, 0) is 38.8 Å². The number of benzene rings is 1. The van der Waals surface area contributed by atoms with Gasteiger partial charge in [0.1, 0.15) is 11.5 Å². The van der Waals surface area contributed by atoms with Crippen molar-refractivity contribution in [2.75, 3.05) is 24.3 Å². The summed E-state index contributed by atoms with van der Waals surface area (Å²) in [6, 6.07) is 3.30. The van der Waals surface area contributed by atoms with E-state index in [1.165, 1.54) is 18.7 Å². The van der Waals surface area contributed by atoms with Crippen LogP contribution in [0.2, 0.25) is 0 Å². The van der Waals surface area contributed by atoms with Gasteiger partial charge in [0.25, 0.3) is 0 Å². The highest BCUT2D eigenvalue weighted by atomic mass is 32.2. The van der Waals surface area contributed by atoms with E-state index in [0.29, 0.717) is 46.4 Å². The maximum atomic E-state index is 11.6. The van der Waals surface area contributed by atoms with E-state index in [0.717, 1.165) is 17.8 Å². The van der Waals surface area contributed by atoms with E-state index in [1.807, 2.05) is 6.92 Å². The van der Waals surface area contributed by atoms with Crippen LogP contribution in [0.5, 0.6) is 11.5 Å². The standard InChI is InChI=1S/C20H25N3O6S2/c1-4-7-14-15(9-8-13(12(3)24)16(14)25)29-10-6-11-30-20-23-22-19(31-20)21-17(26)18(27)28-5-2/h8-9,25H,4-7,10-11H2,1-3H3,(H,21,22,26). The second-order valence-corrected chi connectivity index (χ2v) is 8.66. The topological polar surface area (TPSA) is 128 Å². The van der Waals surface area contributed by atoms with Gasteiger partial charge in [0.2, 0.25) is 5.13 Å². The number of hydrogen-bond donors (Lipinski definition) is 2. The van der Waals surface area contributed by atoms with Crippen molar-refractivity contribution >= 4 is 45.9 Å². The quantitative estimate of drug-likeness (QED) is 0.127. The normalized spacial score (nSPS) is 10.5. The van der Waals surface area contributed by atoms with E-state index in [2.05, 4.69) is 20.3 Å². The third kappa shape index (κ3) is 7.21. The largest absolute Gasteiger partial charge is 0.507 e. The molecule has 1 aromatic carbocycles. The average Bonchev–Trinajstić information content (AvgIpc) is 3.17. The molecule has 11 heteroatoms. The number of nitrogens with zero attached hydrogens (tertiary/aromatic N) is 2. The summed E-state index contributed by atoms with van der Waals surface area (Å²) in [6.45, 7) is 5.57. The number of carbonyl (C=O) groups is 3. The highest BCUT2D eigenvalue weighted by Crippen LogP contribution is 2.33. The molecule has 0 saturated heterocycles. The highest BCUT2D eigenvalue weighted by molar-refractivity contribution is 8.01. The summed E-state index contributed by atoms with van der Waals surface area (Å²) in [5, 5.41) is 20.7. The number of thioether (sulfide) groups is 1. The molecule has 0 bridgehead atoms. The molecule has 168 valence electrons. The minimum atomic E-state index is -0.964. The molecular formula is C20H25N3O6S2. The summed E-state index contributed by atoms with van der Waals surface area (Å²) < 4.78 is 11.1. The van der Waals surface area contributed by atoms with Crippen LogP contribution < -0.4 is 10.1 Å². The van der Waals surface area contributed by atoms with Gasteiger partial charge in [-0.2, -0.15) is 0 Å². The number of hydrogen-bond acceptors (Lipinski definition) is 10. The van der Waals surface area contributed by atoms with Gasteiger partial charge in [-0.15, -0.1) is 10.2 Å². The lowest BCUT2D eigenvalue weighted by molar-refractivity contribution is -0.152. The van der Waals surface area contributed by atoms with Gasteiger partial charge >= 0.3 is 11.9 Å². The summed E-state index contributed by atoms with van der Waals surface area (Å²) in [4.78, 5) is 34.6. The number of esters is 1. The molecule has 0 saturated carbocycles. The maximum absolute atomic E-state index is 11.6. The molecule has 0 aliphatic heterocycles. The number of aromatic hydroxyl groups is 1. The summed E-state index contributed by atoms with van der Waals surface area (Å²) >= 11 is 2.61. The predicted molar refractivity (Wildman–Crippen MR) is 118 cm³/mol. The third-order valence-electron chi connectivity index (χ3n) is 3.98. The molecule has 0 aliphatic carbocycles. The average molecular weight is 468 g/mol. The van der Waals surface area contributed by atoms with Crippen molar-refractivity contribution in [3.8, 4) is 11.5 Å². The van der Waals surface area contributed by atoms with E-state index >= 15 is 0 Å². The predicted octanol–water partition coefficient (Wildman–Crippen LogP) is 3.46. The van der Waals surface area contributed by atoms with Gasteiger partial charge in [0, 0.05) is 11.3 Å². The number of amides is 1. The minimum Gasteiger partial charge on any atom is -0.507 e. The molecular weight excluding hydrogens is 442 g/mol. The molecule has 2 rings (SSSR count). The molecule has 1 amide bonds. The second kappa shape index (κ2) is 12.3. The van der Waals surface area contributed by atoms with E-state index in [4.69, 9.17) is 4.74 Å². The van der Waals surface area contributed by atoms with Crippen molar-refractivity contribution in [3.63, 3.8) is 0 Å². The summed E-state index contributed by atoms with van der Waals surface area (Å²) in [5.74, 6) is -0.769. The number of ether oxygens (including phenoxy) is 2. The molecule has 31 heavy (non-hydrogen) atoms. The lowest BCUT2D eigenvalue weighted by Crippen LogP contribution is -2.24. The van der Waals surface area contributed by atoms with Crippen LogP contribution in [-0.2, 0) is 20.7 Å². The fourth-order valence-corrected chi connectivity index (χ4v) is 4.32. The zero-order valence-corrected chi connectivity index (χ0v) is 19.2. The monoisotopic (exact) mass is 467 g/mol. The molecule has 0 fully saturated rings. The van der Waals surface area contributed by atoms with Crippen LogP contribution in [0.15, 0.2) is 16.5 Å². The lowest BCUT2D eigenvalue weighted by Gasteiger charge is -2.14. The van der Waals surface area contributed by atoms with E-state index in [-0.39, 0.29) is 23.3 Å².